The Hall–Kier alpha value is -4.35. The van der Waals surface area contributed by atoms with Gasteiger partial charge >= 0.3 is 0 Å². The van der Waals surface area contributed by atoms with Gasteiger partial charge < -0.3 is 4.90 Å². The molecule has 0 radical (unpaired) electrons. The second-order valence-electron chi connectivity index (χ2n) is 6.08. The molecular weight excluding hydrogens is 346 g/mol. The molecule has 4 rings (SSSR count). The number of rotatable bonds is 4. The molecule has 3 aromatic carbocycles. The Kier molecular flexibility index (Phi) is 4.57. The summed E-state index contributed by atoms with van der Waals surface area (Å²) < 4.78 is 1.03. The van der Waals surface area contributed by atoms with Gasteiger partial charge in [0.25, 0.3) is 0 Å². The van der Waals surface area contributed by atoms with E-state index in [1.807, 2.05) is 66.9 Å². The smallest absolute Gasteiger partial charge is 0.207 e. The van der Waals surface area contributed by atoms with Crippen LogP contribution in [0.5, 0.6) is 0 Å². The topological polar surface area (TPSA) is 68.6 Å². The van der Waals surface area contributed by atoms with Gasteiger partial charge in [0.05, 0.1) is 6.20 Å². The summed E-state index contributed by atoms with van der Waals surface area (Å²) in [6.45, 7) is 0. The molecular formula is C23H15N5. The van der Waals surface area contributed by atoms with Gasteiger partial charge in [-0.25, -0.2) is 0 Å². The van der Waals surface area contributed by atoms with Crippen molar-refractivity contribution < 1.29 is 0 Å². The molecule has 1 aromatic heterocycles. The van der Waals surface area contributed by atoms with Crippen LogP contribution in [0, 0.1) is 22.8 Å². The van der Waals surface area contributed by atoms with Gasteiger partial charge in [0.2, 0.25) is 6.19 Å². The normalized spacial score (nSPS) is 10.1. The van der Waals surface area contributed by atoms with E-state index in [1.165, 1.54) is 0 Å². The predicted molar refractivity (Wildman–Crippen MR) is 108 cm³/mol. The maximum absolute atomic E-state index is 9.35. The molecule has 0 spiro atoms. The summed E-state index contributed by atoms with van der Waals surface area (Å²) in [5.41, 5.74) is 4.81. The summed E-state index contributed by atoms with van der Waals surface area (Å²) in [5.74, 6) is 0. The average molecular weight is 361 g/mol. The minimum atomic E-state index is 0.234. The Morgan fingerprint density at radius 1 is 0.714 bits per heavy atom. The van der Waals surface area contributed by atoms with Crippen LogP contribution in [-0.4, -0.2) is 9.78 Å². The molecule has 5 nitrogen and oxygen atoms in total. The number of para-hydroxylation sites is 2. The van der Waals surface area contributed by atoms with E-state index in [1.54, 1.807) is 6.20 Å². The quantitative estimate of drug-likeness (QED) is 0.500. The van der Waals surface area contributed by atoms with Crippen LogP contribution in [0.1, 0.15) is 5.69 Å². The van der Waals surface area contributed by atoms with Gasteiger partial charge in [0.15, 0.2) is 5.69 Å². The van der Waals surface area contributed by atoms with Crippen molar-refractivity contribution in [1.29, 1.82) is 10.5 Å². The van der Waals surface area contributed by atoms with Gasteiger partial charge in [-0.05, 0) is 42.0 Å². The molecule has 0 aliphatic heterocycles. The number of aromatic nitrogens is 2. The Balaban J connectivity index is 1.77. The van der Waals surface area contributed by atoms with Crippen LogP contribution in [0.4, 0.5) is 17.1 Å². The number of anilines is 3. The molecule has 0 unspecified atom stereocenters. The van der Waals surface area contributed by atoms with Crippen LogP contribution >= 0.6 is 0 Å². The third-order valence-corrected chi connectivity index (χ3v) is 4.44. The third kappa shape index (κ3) is 3.09. The first kappa shape index (κ1) is 17.1. The fourth-order valence-corrected chi connectivity index (χ4v) is 3.13. The van der Waals surface area contributed by atoms with Crippen LogP contribution in [0.3, 0.4) is 0 Å². The Morgan fingerprint density at radius 2 is 1.25 bits per heavy atom. The molecule has 28 heavy (non-hydrogen) atoms. The lowest BCUT2D eigenvalue weighted by atomic mass is 10.1. The molecule has 0 amide bonds. The van der Waals surface area contributed by atoms with Crippen molar-refractivity contribution >= 4 is 17.1 Å². The van der Waals surface area contributed by atoms with Gasteiger partial charge in [-0.3, -0.25) is 0 Å². The molecule has 0 saturated carbocycles. The zero-order chi connectivity index (χ0) is 19.3. The molecule has 0 aliphatic carbocycles. The highest BCUT2D eigenvalue weighted by molar-refractivity contribution is 5.78. The second kappa shape index (κ2) is 7.49. The standard InChI is InChI=1S/C23H15N5/c24-15-23-22(16-26-27(23)17-25)18-11-13-21(14-12-18)28(19-7-3-1-4-8-19)20-9-5-2-6-10-20/h1-14,16H. The second-order valence-corrected chi connectivity index (χ2v) is 6.08. The van der Waals surface area contributed by atoms with Gasteiger partial charge in [0.1, 0.15) is 6.07 Å². The van der Waals surface area contributed by atoms with Crippen molar-refractivity contribution in [3.8, 4) is 23.4 Å². The van der Waals surface area contributed by atoms with E-state index >= 15 is 0 Å². The van der Waals surface area contributed by atoms with Crippen molar-refractivity contribution in [3.63, 3.8) is 0 Å². The van der Waals surface area contributed by atoms with E-state index in [2.05, 4.69) is 40.3 Å². The van der Waals surface area contributed by atoms with Crippen LogP contribution in [0.15, 0.2) is 91.1 Å². The molecule has 132 valence electrons. The predicted octanol–water partition coefficient (Wildman–Crippen LogP) is 5.22. The number of nitrogens with zero attached hydrogens (tertiary/aromatic N) is 5. The Labute approximate surface area is 162 Å². The van der Waals surface area contributed by atoms with Crippen molar-refractivity contribution in [2.75, 3.05) is 4.90 Å². The molecule has 1 heterocycles. The molecule has 0 bridgehead atoms. The molecule has 4 aromatic rings. The van der Waals surface area contributed by atoms with Crippen LogP contribution < -0.4 is 4.90 Å². The first-order chi connectivity index (χ1) is 13.8. The van der Waals surface area contributed by atoms with E-state index < -0.39 is 0 Å². The van der Waals surface area contributed by atoms with Crippen LogP contribution in [0.25, 0.3) is 11.1 Å². The maximum atomic E-state index is 9.35. The zero-order valence-electron chi connectivity index (χ0n) is 14.9. The Morgan fingerprint density at radius 3 is 1.75 bits per heavy atom. The highest BCUT2D eigenvalue weighted by Gasteiger charge is 2.15. The van der Waals surface area contributed by atoms with Crippen molar-refractivity contribution in [2.24, 2.45) is 0 Å². The minimum Gasteiger partial charge on any atom is -0.311 e. The summed E-state index contributed by atoms with van der Waals surface area (Å²) in [6.07, 6.45) is 3.43. The van der Waals surface area contributed by atoms with Crippen LogP contribution in [0.2, 0.25) is 0 Å². The van der Waals surface area contributed by atoms with Gasteiger partial charge in [-0.1, -0.05) is 48.5 Å². The van der Waals surface area contributed by atoms with E-state index in [-0.39, 0.29) is 5.69 Å². The summed E-state index contributed by atoms with van der Waals surface area (Å²) in [5, 5.41) is 22.4. The molecule has 0 atom stereocenters. The van der Waals surface area contributed by atoms with Crippen molar-refractivity contribution in [2.45, 2.75) is 0 Å². The first-order valence-electron chi connectivity index (χ1n) is 8.70. The number of nitriles is 2. The van der Waals surface area contributed by atoms with Gasteiger partial charge in [-0.2, -0.15) is 20.3 Å². The summed E-state index contributed by atoms with van der Waals surface area (Å²) in [4.78, 5) is 2.16. The average Bonchev–Trinajstić information content (AvgIpc) is 3.19. The van der Waals surface area contributed by atoms with Gasteiger partial charge in [-0.15, -0.1) is 0 Å². The SMILES string of the molecule is N#Cc1c(-c2ccc(N(c3ccccc3)c3ccccc3)cc2)cnn1C#N. The molecule has 5 heteroatoms. The lowest BCUT2D eigenvalue weighted by Gasteiger charge is -2.25. The summed E-state index contributed by atoms with van der Waals surface area (Å²) >= 11 is 0. The lowest BCUT2D eigenvalue weighted by molar-refractivity contribution is 0.883. The van der Waals surface area contributed by atoms with E-state index in [0.717, 1.165) is 27.3 Å². The number of benzene rings is 3. The molecule has 0 N–H and O–H groups in total. The Bertz CT molecular complexity index is 1120. The van der Waals surface area contributed by atoms with Crippen molar-refractivity contribution in [1.82, 2.24) is 9.78 Å². The molecule has 0 fully saturated rings. The molecule has 0 aliphatic rings. The fourth-order valence-electron chi connectivity index (χ4n) is 3.13. The van der Waals surface area contributed by atoms with E-state index in [4.69, 9.17) is 5.26 Å². The zero-order valence-corrected chi connectivity index (χ0v) is 14.9. The first-order valence-corrected chi connectivity index (χ1v) is 8.70. The van der Waals surface area contributed by atoms with Crippen LogP contribution in [-0.2, 0) is 0 Å². The van der Waals surface area contributed by atoms with E-state index in [0.29, 0.717) is 5.56 Å². The monoisotopic (exact) mass is 361 g/mol. The molecule has 0 saturated heterocycles. The highest BCUT2D eigenvalue weighted by atomic mass is 15.3. The number of hydrogen-bond donors (Lipinski definition) is 0. The van der Waals surface area contributed by atoms with Gasteiger partial charge in [0, 0.05) is 22.6 Å². The highest BCUT2D eigenvalue weighted by Crippen LogP contribution is 2.35. The fraction of sp³-hybridized carbons (Fsp3) is 0. The maximum Gasteiger partial charge on any atom is 0.207 e. The van der Waals surface area contributed by atoms with E-state index in [9.17, 15) is 5.26 Å². The largest absolute Gasteiger partial charge is 0.311 e. The summed E-state index contributed by atoms with van der Waals surface area (Å²) in [7, 11) is 0. The summed E-state index contributed by atoms with van der Waals surface area (Å²) in [6, 6.07) is 30.2. The lowest BCUT2D eigenvalue weighted by Crippen LogP contribution is -2.09. The third-order valence-electron chi connectivity index (χ3n) is 4.44. The van der Waals surface area contributed by atoms with Crippen molar-refractivity contribution in [3.05, 3.63) is 96.8 Å². The minimum absolute atomic E-state index is 0.234. The number of hydrogen-bond acceptors (Lipinski definition) is 4.